The monoisotopic (exact) mass is 404 g/mol. The van der Waals surface area contributed by atoms with Crippen LogP contribution >= 0.6 is 23.4 Å². The average molecular weight is 405 g/mol. The van der Waals surface area contributed by atoms with Gasteiger partial charge in [0.25, 0.3) is 5.91 Å². The standard InChI is InChI=1S/C19H17ClN2O4S/c1-22-18(24)16(10-11-8-14(20)17(23)15(9-11)26-3)27-19(22)21-12-4-6-13(25-2)7-5-12/h4-10,23H,1-3H3. The van der Waals surface area contributed by atoms with Crippen LogP contribution in [-0.4, -0.2) is 42.3 Å². The van der Waals surface area contributed by atoms with Gasteiger partial charge in [0.2, 0.25) is 0 Å². The number of rotatable bonds is 4. The van der Waals surface area contributed by atoms with Crippen molar-refractivity contribution in [2.24, 2.45) is 4.99 Å². The van der Waals surface area contributed by atoms with Crippen LogP contribution in [0.5, 0.6) is 17.2 Å². The molecule has 0 bridgehead atoms. The number of phenolic OH excluding ortho intramolecular Hbond substituents is 1. The van der Waals surface area contributed by atoms with Crippen LogP contribution in [0.4, 0.5) is 5.69 Å². The van der Waals surface area contributed by atoms with Gasteiger partial charge >= 0.3 is 0 Å². The SMILES string of the molecule is COc1ccc(N=C2SC(=Cc3cc(Cl)c(O)c(OC)c3)C(=O)N2C)cc1. The highest BCUT2D eigenvalue weighted by molar-refractivity contribution is 8.18. The van der Waals surface area contributed by atoms with E-state index in [1.165, 1.54) is 23.8 Å². The highest BCUT2D eigenvalue weighted by Gasteiger charge is 2.30. The van der Waals surface area contributed by atoms with Gasteiger partial charge in [-0.15, -0.1) is 0 Å². The Morgan fingerprint density at radius 3 is 2.52 bits per heavy atom. The molecule has 0 aliphatic carbocycles. The first-order valence-corrected chi connectivity index (χ1v) is 9.09. The molecule has 0 aromatic heterocycles. The number of amidine groups is 1. The van der Waals surface area contributed by atoms with Gasteiger partial charge in [-0.3, -0.25) is 9.69 Å². The van der Waals surface area contributed by atoms with Gasteiger partial charge in [-0.25, -0.2) is 4.99 Å². The van der Waals surface area contributed by atoms with Crippen LogP contribution < -0.4 is 9.47 Å². The van der Waals surface area contributed by atoms with Crippen LogP contribution in [-0.2, 0) is 4.79 Å². The molecule has 0 radical (unpaired) electrons. The third-order valence-electron chi connectivity index (χ3n) is 3.87. The fourth-order valence-electron chi connectivity index (χ4n) is 2.40. The summed E-state index contributed by atoms with van der Waals surface area (Å²) in [6, 6.07) is 10.4. The van der Waals surface area contributed by atoms with E-state index in [9.17, 15) is 9.90 Å². The third-order valence-corrected chi connectivity index (χ3v) is 5.22. The molecule has 1 aliphatic heterocycles. The molecule has 140 valence electrons. The molecule has 3 rings (SSSR count). The number of hydrogen-bond acceptors (Lipinski definition) is 6. The van der Waals surface area contributed by atoms with Gasteiger partial charge in [-0.1, -0.05) is 11.6 Å². The molecule has 1 fully saturated rings. The van der Waals surface area contributed by atoms with Crippen molar-refractivity contribution in [3.63, 3.8) is 0 Å². The maximum atomic E-state index is 12.5. The Bertz CT molecular complexity index is 941. The minimum atomic E-state index is -0.171. The molecular formula is C19H17ClN2O4S. The fraction of sp³-hybridized carbons (Fsp3) is 0.158. The average Bonchev–Trinajstić information content (AvgIpc) is 2.93. The van der Waals surface area contributed by atoms with Crippen LogP contribution in [0.25, 0.3) is 6.08 Å². The zero-order valence-electron chi connectivity index (χ0n) is 14.9. The fourth-order valence-corrected chi connectivity index (χ4v) is 3.61. The van der Waals surface area contributed by atoms with E-state index in [0.717, 1.165) is 5.75 Å². The molecule has 1 heterocycles. The van der Waals surface area contributed by atoms with E-state index >= 15 is 0 Å². The maximum absolute atomic E-state index is 12.5. The van der Waals surface area contributed by atoms with Gasteiger partial charge in [0.05, 0.1) is 29.8 Å². The second-order valence-corrected chi connectivity index (χ2v) is 7.04. The van der Waals surface area contributed by atoms with E-state index in [1.807, 2.05) is 24.3 Å². The lowest BCUT2D eigenvalue weighted by Crippen LogP contribution is -2.23. The molecule has 2 aromatic rings. The number of nitrogens with zero attached hydrogens (tertiary/aromatic N) is 2. The van der Waals surface area contributed by atoms with Crippen molar-refractivity contribution >= 4 is 46.2 Å². The summed E-state index contributed by atoms with van der Waals surface area (Å²) in [4.78, 5) is 19.0. The number of hydrogen-bond donors (Lipinski definition) is 1. The van der Waals surface area contributed by atoms with E-state index in [4.69, 9.17) is 21.1 Å². The number of likely N-dealkylation sites (N-methyl/N-ethyl adjacent to an activating group) is 1. The van der Waals surface area contributed by atoms with Gasteiger partial charge in [-0.2, -0.15) is 0 Å². The van der Waals surface area contributed by atoms with Crippen molar-refractivity contribution in [2.75, 3.05) is 21.3 Å². The first kappa shape index (κ1) is 19.1. The summed E-state index contributed by atoms with van der Waals surface area (Å²) in [5.41, 5.74) is 1.36. The molecule has 0 saturated carbocycles. The van der Waals surface area contributed by atoms with Crippen LogP contribution in [0.15, 0.2) is 46.3 Å². The number of aromatic hydroxyl groups is 1. The molecule has 2 aromatic carbocycles. The number of carbonyl (C=O) groups excluding carboxylic acids is 1. The normalized spacial score (nSPS) is 17.0. The van der Waals surface area contributed by atoms with Crippen LogP contribution in [0.2, 0.25) is 5.02 Å². The second-order valence-electron chi connectivity index (χ2n) is 5.62. The number of ether oxygens (including phenoxy) is 2. The molecular weight excluding hydrogens is 388 g/mol. The number of aliphatic imine (C=N–C) groups is 1. The van der Waals surface area contributed by atoms with E-state index in [1.54, 1.807) is 32.4 Å². The first-order chi connectivity index (χ1) is 12.9. The van der Waals surface area contributed by atoms with Crippen molar-refractivity contribution in [2.45, 2.75) is 0 Å². The smallest absolute Gasteiger partial charge is 0.266 e. The Morgan fingerprint density at radius 2 is 1.89 bits per heavy atom. The highest BCUT2D eigenvalue weighted by atomic mass is 35.5. The molecule has 0 unspecified atom stereocenters. The lowest BCUT2D eigenvalue weighted by molar-refractivity contribution is -0.121. The van der Waals surface area contributed by atoms with E-state index in [2.05, 4.69) is 4.99 Å². The van der Waals surface area contributed by atoms with Crippen molar-refractivity contribution < 1.29 is 19.4 Å². The molecule has 6 nitrogen and oxygen atoms in total. The van der Waals surface area contributed by atoms with E-state index in [-0.39, 0.29) is 22.4 Å². The topological polar surface area (TPSA) is 71.4 Å². The zero-order valence-corrected chi connectivity index (χ0v) is 16.5. The zero-order chi connectivity index (χ0) is 19.6. The summed E-state index contributed by atoms with van der Waals surface area (Å²) in [5, 5.41) is 10.5. The van der Waals surface area contributed by atoms with Crippen LogP contribution in [0, 0.1) is 0 Å². The highest BCUT2D eigenvalue weighted by Crippen LogP contribution is 2.38. The van der Waals surface area contributed by atoms with Gasteiger partial charge in [-0.05, 0) is 59.8 Å². The predicted octanol–water partition coefficient (Wildman–Crippen LogP) is 4.30. The lowest BCUT2D eigenvalue weighted by Gasteiger charge is -2.07. The second kappa shape index (κ2) is 7.94. The summed E-state index contributed by atoms with van der Waals surface area (Å²) in [6.45, 7) is 0. The Hall–Kier alpha value is -2.64. The number of carbonyl (C=O) groups is 1. The van der Waals surface area contributed by atoms with Crippen molar-refractivity contribution in [3.8, 4) is 17.2 Å². The van der Waals surface area contributed by atoms with Crippen molar-refractivity contribution in [3.05, 3.63) is 51.9 Å². The summed E-state index contributed by atoms with van der Waals surface area (Å²) < 4.78 is 10.2. The van der Waals surface area contributed by atoms with Crippen LogP contribution in [0.1, 0.15) is 5.56 Å². The Kier molecular flexibility index (Phi) is 5.62. The summed E-state index contributed by atoms with van der Waals surface area (Å²) in [5.74, 6) is 0.674. The summed E-state index contributed by atoms with van der Waals surface area (Å²) in [7, 11) is 4.70. The minimum absolute atomic E-state index is 0.134. The van der Waals surface area contributed by atoms with Gasteiger partial charge < -0.3 is 14.6 Å². The molecule has 1 amide bonds. The number of thioether (sulfide) groups is 1. The van der Waals surface area contributed by atoms with Gasteiger partial charge in [0.15, 0.2) is 16.7 Å². The number of methoxy groups -OCH3 is 2. The largest absolute Gasteiger partial charge is 0.503 e. The minimum Gasteiger partial charge on any atom is -0.503 e. The Balaban J connectivity index is 1.90. The molecule has 0 spiro atoms. The Morgan fingerprint density at radius 1 is 1.19 bits per heavy atom. The predicted molar refractivity (Wildman–Crippen MR) is 108 cm³/mol. The van der Waals surface area contributed by atoms with Gasteiger partial charge in [0, 0.05) is 7.05 Å². The number of benzene rings is 2. The summed E-state index contributed by atoms with van der Waals surface area (Å²) in [6.07, 6.45) is 1.69. The molecule has 27 heavy (non-hydrogen) atoms. The molecule has 1 aliphatic rings. The number of halogens is 1. The molecule has 1 N–H and O–H groups in total. The van der Waals surface area contributed by atoms with Crippen LogP contribution in [0.3, 0.4) is 0 Å². The third kappa shape index (κ3) is 4.04. The quantitative estimate of drug-likeness (QED) is 0.769. The lowest BCUT2D eigenvalue weighted by atomic mass is 10.2. The van der Waals surface area contributed by atoms with Gasteiger partial charge in [0.1, 0.15) is 5.75 Å². The molecule has 1 saturated heterocycles. The molecule has 0 atom stereocenters. The number of amides is 1. The first-order valence-electron chi connectivity index (χ1n) is 7.89. The Labute approximate surface area is 166 Å². The maximum Gasteiger partial charge on any atom is 0.266 e. The summed E-state index contributed by atoms with van der Waals surface area (Å²) >= 11 is 7.27. The van der Waals surface area contributed by atoms with Crippen molar-refractivity contribution in [1.82, 2.24) is 4.90 Å². The van der Waals surface area contributed by atoms with E-state index < -0.39 is 0 Å². The number of phenols is 1. The van der Waals surface area contributed by atoms with E-state index in [0.29, 0.717) is 21.3 Å². The van der Waals surface area contributed by atoms with Crippen molar-refractivity contribution in [1.29, 1.82) is 0 Å². The molecule has 8 heteroatoms.